The first kappa shape index (κ1) is 13.8. The molecule has 108 valence electrons. The average molecular weight is 280 g/mol. The monoisotopic (exact) mass is 280 g/mol. The molecule has 1 amide bonds. The van der Waals surface area contributed by atoms with Crippen molar-refractivity contribution in [3.63, 3.8) is 0 Å². The molecule has 3 rings (SSSR count). The van der Waals surface area contributed by atoms with Crippen LogP contribution in [0, 0.1) is 0 Å². The topological polar surface area (TPSA) is 55.1 Å². The maximum Gasteiger partial charge on any atom is 0.265 e. The molecule has 0 heterocycles. The van der Waals surface area contributed by atoms with Crippen LogP contribution in [0.4, 0.5) is 0 Å². The van der Waals surface area contributed by atoms with Gasteiger partial charge in [0.05, 0.1) is 0 Å². The Morgan fingerprint density at radius 1 is 1.10 bits per heavy atom. The van der Waals surface area contributed by atoms with Gasteiger partial charge in [-0.2, -0.15) is 0 Å². The third-order valence-electron chi connectivity index (χ3n) is 4.28. The Morgan fingerprint density at radius 3 is 2.48 bits per heavy atom. The summed E-state index contributed by atoms with van der Waals surface area (Å²) in [6.07, 6.45) is 4.91. The van der Waals surface area contributed by atoms with Crippen molar-refractivity contribution in [1.82, 2.24) is 5.43 Å². The molecule has 0 aromatic heterocycles. The molecule has 0 bridgehead atoms. The van der Waals surface area contributed by atoms with Crippen LogP contribution in [0.5, 0.6) is 0 Å². The van der Waals surface area contributed by atoms with E-state index in [1.165, 1.54) is 36.0 Å². The van der Waals surface area contributed by atoms with Crippen molar-refractivity contribution < 1.29 is 4.79 Å². The molecule has 0 aliphatic heterocycles. The van der Waals surface area contributed by atoms with Crippen molar-refractivity contribution >= 4 is 5.91 Å². The zero-order valence-corrected chi connectivity index (χ0v) is 12.0. The van der Waals surface area contributed by atoms with Gasteiger partial charge < -0.3 is 0 Å². The van der Waals surface area contributed by atoms with Crippen molar-refractivity contribution in [2.24, 2.45) is 5.84 Å². The smallest absolute Gasteiger partial charge is 0.265 e. The third kappa shape index (κ3) is 3.14. The summed E-state index contributed by atoms with van der Waals surface area (Å²) in [5, 5.41) is 0. The van der Waals surface area contributed by atoms with E-state index in [1.54, 1.807) is 0 Å². The maximum atomic E-state index is 11.4. The molecule has 0 spiro atoms. The number of hydrogen-bond donors (Lipinski definition) is 2. The van der Waals surface area contributed by atoms with E-state index in [2.05, 4.69) is 29.7 Å². The SMILES string of the molecule is NNC(=O)c1ccc(Cc2cccc(C3CCC3)c2)cc1. The van der Waals surface area contributed by atoms with Crippen molar-refractivity contribution in [3.8, 4) is 0 Å². The van der Waals surface area contributed by atoms with Gasteiger partial charge in [-0.3, -0.25) is 10.2 Å². The fourth-order valence-electron chi connectivity index (χ4n) is 2.79. The molecule has 3 heteroatoms. The number of benzene rings is 2. The van der Waals surface area contributed by atoms with Gasteiger partial charge in [-0.25, -0.2) is 5.84 Å². The number of hydrazine groups is 1. The highest BCUT2D eigenvalue weighted by Gasteiger charge is 2.19. The van der Waals surface area contributed by atoms with Gasteiger partial charge in [0.1, 0.15) is 0 Å². The highest BCUT2D eigenvalue weighted by Crippen LogP contribution is 2.36. The van der Waals surface area contributed by atoms with Crippen LogP contribution in [0.25, 0.3) is 0 Å². The molecule has 0 radical (unpaired) electrons. The molecule has 0 unspecified atom stereocenters. The lowest BCUT2D eigenvalue weighted by Crippen LogP contribution is -2.29. The van der Waals surface area contributed by atoms with E-state index >= 15 is 0 Å². The number of nitrogens with one attached hydrogen (secondary N) is 1. The van der Waals surface area contributed by atoms with Crippen LogP contribution in [0.2, 0.25) is 0 Å². The Hall–Kier alpha value is -2.13. The van der Waals surface area contributed by atoms with Gasteiger partial charge in [0.25, 0.3) is 5.91 Å². The van der Waals surface area contributed by atoms with Crippen molar-refractivity contribution in [3.05, 3.63) is 70.8 Å². The molecule has 2 aromatic rings. The normalized spacial score (nSPS) is 14.5. The lowest BCUT2D eigenvalue weighted by molar-refractivity contribution is 0.0953. The molecule has 1 saturated carbocycles. The number of nitrogens with two attached hydrogens (primary N) is 1. The molecular weight excluding hydrogens is 260 g/mol. The van der Waals surface area contributed by atoms with Crippen LogP contribution in [0.15, 0.2) is 48.5 Å². The van der Waals surface area contributed by atoms with E-state index in [0.717, 1.165) is 12.3 Å². The van der Waals surface area contributed by atoms with Gasteiger partial charge in [0.15, 0.2) is 0 Å². The van der Waals surface area contributed by atoms with Gasteiger partial charge >= 0.3 is 0 Å². The fraction of sp³-hybridized carbons (Fsp3) is 0.278. The minimum absolute atomic E-state index is 0.256. The van der Waals surface area contributed by atoms with Gasteiger partial charge in [-0.15, -0.1) is 0 Å². The molecule has 2 aromatic carbocycles. The lowest BCUT2D eigenvalue weighted by Gasteiger charge is -2.26. The Bertz CT molecular complexity index is 630. The molecule has 21 heavy (non-hydrogen) atoms. The Balaban J connectivity index is 1.72. The fourth-order valence-corrected chi connectivity index (χ4v) is 2.79. The van der Waals surface area contributed by atoms with E-state index in [1.807, 2.05) is 24.3 Å². The van der Waals surface area contributed by atoms with Crippen LogP contribution < -0.4 is 11.3 Å². The van der Waals surface area contributed by atoms with Crippen LogP contribution in [-0.4, -0.2) is 5.91 Å². The second-order valence-corrected chi connectivity index (χ2v) is 5.72. The predicted octanol–water partition coefficient (Wildman–Crippen LogP) is 3.15. The first-order chi connectivity index (χ1) is 10.3. The summed E-state index contributed by atoms with van der Waals surface area (Å²) < 4.78 is 0. The van der Waals surface area contributed by atoms with E-state index < -0.39 is 0 Å². The third-order valence-corrected chi connectivity index (χ3v) is 4.28. The summed E-state index contributed by atoms with van der Waals surface area (Å²) in [5.74, 6) is 5.64. The number of nitrogen functional groups attached to an aromatic ring is 1. The Morgan fingerprint density at radius 2 is 1.86 bits per heavy atom. The molecule has 0 saturated heterocycles. The zero-order valence-electron chi connectivity index (χ0n) is 12.0. The quantitative estimate of drug-likeness (QED) is 0.513. The predicted molar refractivity (Wildman–Crippen MR) is 83.9 cm³/mol. The molecule has 1 aliphatic rings. The van der Waals surface area contributed by atoms with E-state index in [-0.39, 0.29) is 5.91 Å². The molecule has 0 atom stereocenters. The summed E-state index contributed by atoms with van der Waals surface area (Å²) >= 11 is 0. The lowest BCUT2D eigenvalue weighted by atomic mass is 9.79. The van der Waals surface area contributed by atoms with Gasteiger partial charge in [-0.1, -0.05) is 42.8 Å². The molecule has 1 aliphatic carbocycles. The van der Waals surface area contributed by atoms with Gasteiger partial charge in [0.2, 0.25) is 0 Å². The van der Waals surface area contributed by atoms with E-state index in [0.29, 0.717) is 5.56 Å². The van der Waals surface area contributed by atoms with Crippen molar-refractivity contribution in [1.29, 1.82) is 0 Å². The van der Waals surface area contributed by atoms with E-state index in [9.17, 15) is 4.79 Å². The van der Waals surface area contributed by atoms with Gasteiger partial charge in [-0.05, 0) is 54.0 Å². The molecule has 1 fully saturated rings. The molecular formula is C18H20N2O. The number of amides is 1. The number of hydrogen-bond acceptors (Lipinski definition) is 2. The maximum absolute atomic E-state index is 11.4. The minimum atomic E-state index is -0.256. The van der Waals surface area contributed by atoms with Crippen molar-refractivity contribution in [2.45, 2.75) is 31.6 Å². The van der Waals surface area contributed by atoms with Gasteiger partial charge in [0, 0.05) is 5.56 Å². The Labute approximate surface area is 125 Å². The highest BCUT2D eigenvalue weighted by molar-refractivity contribution is 5.93. The number of carbonyl (C=O) groups is 1. The average Bonchev–Trinajstić information content (AvgIpc) is 2.46. The summed E-state index contributed by atoms with van der Waals surface area (Å²) in [5.41, 5.74) is 6.73. The largest absolute Gasteiger partial charge is 0.290 e. The van der Waals surface area contributed by atoms with Crippen LogP contribution in [-0.2, 0) is 6.42 Å². The first-order valence-corrected chi connectivity index (χ1v) is 7.45. The second kappa shape index (κ2) is 6.10. The van der Waals surface area contributed by atoms with Crippen LogP contribution >= 0.6 is 0 Å². The molecule has 3 N–H and O–H groups in total. The summed E-state index contributed by atoms with van der Waals surface area (Å²) in [4.78, 5) is 11.4. The standard InChI is InChI=1S/C18H20N2O/c19-20-18(21)16-9-7-13(8-10-16)11-14-3-1-6-17(12-14)15-4-2-5-15/h1,3,6-10,12,15H,2,4-5,11,19H2,(H,20,21). The Kier molecular flexibility index (Phi) is 4.02. The summed E-state index contributed by atoms with van der Waals surface area (Å²) in [6, 6.07) is 16.5. The van der Waals surface area contributed by atoms with Crippen molar-refractivity contribution in [2.75, 3.05) is 0 Å². The first-order valence-electron chi connectivity index (χ1n) is 7.45. The number of carbonyl (C=O) groups excluding carboxylic acids is 1. The number of rotatable bonds is 4. The second-order valence-electron chi connectivity index (χ2n) is 5.72. The highest BCUT2D eigenvalue weighted by atomic mass is 16.2. The zero-order chi connectivity index (χ0) is 14.7. The molecule has 3 nitrogen and oxygen atoms in total. The van der Waals surface area contributed by atoms with Crippen LogP contribution in [0.1, 0.15) is 52.2 Å². The minimum Gasteiger partial charge on any atom is -0.290 e. The summed E-state index contributed by atoms with van der Waals surface area (Å²) in [6.45, 7) is 0. The summed E-state index contributed by atoms with van der Waals surface area (Å²) in [7, 11) is 0. The van der Waals surface area contributed by atoms with Crippen LogP contribution in [0.3, 0.4) is 0 Å². The van der Waals surface area contributed by atoms with E-state index in [4.69, 9.17) is 5.84 Å².